The number of nitrogens with two attached hydrogens (primary N) is 2. The van der Waals surface area contributed by atoms with Gasteiger partial charge in [0.2, 0.25) is 0 Å². The van der Waals surface area contributed by atoms with E-state index in [2.05, 4.69) is 51.1 Å². The largest absolute Gasteiger partial charge is 0.397 e. The van der Waals surface area contributed by atoms with Crippen molar-refractivity contribution >= 4 is 11.4 Å². The highest BCUT2D eigenvalue weighted by Gasteiger charge is 2.11. The molecule has 2 rings (SSSR count). The van der Waals surface area contributed by atoms with Crippen LogP contribution < -0.4 is 11.5 Å². The predicted octanol–water partition coefficient (Wildman–Crippen LogP) is 5.10. The lowest BCUT2D eigenvalue weighted by Crippen LogP contribution is -2.01. The van der Waals surface area contributed by atoms with E-state index in [1.54, 1.807) is 0 Å². The first kappa shape index (κ1) is 16.4. The fourth-order valence-electron chi connectivity index (χ4n) is 2.81. The second kappa shape index (κ2) is 7.35. The van der Waals surface area contributed by atoms with Crippen molar-refractivity contribution in [2.75, 3.05) is 11.5 Å². The number of nitrogen functional groups attached to an aromatic ring is 2. The molecule has 2 atom stereocenters. The molecule has 0 bridgehead atoms. The van der Waals surface area contributed by atoms with Crippen LogP contribution in [0.4, 0.5) is 11.4 Å². The first-order valence-corrected chi connectivity index (χ1v) is 8.25. The van der Waals surface area contributed by atoms with Gasteiger partial charge in [-0.3, -0.25) is 0 Å². The molecule has 0 fully saturated rings. The van der Waals surface area contributed by atoms with Gasteiger partial charge in [-0.1, -0.05) is 51.1 Å². The maximum absolute atomic E-state index is 5.91. The summed E-state index contributed by atoms with van der Waals surface area (Å²) >= 11 is 0. The molecule has 0 saturated heterocycles. The van der Waals surface area contributed by atoms with Crippen LogP contribution in [-0.4, -0.2) is 0 Å². The highest BCUT2D eigenvalue weighted by Crippen LogP contribution is 2.29. The SMILES string of the molecule is CCc1ccc(C(C)CCC(C)c2ccc(N)c(N)c2)cc1. The topological polar surface area (TPSA) is 52.0 Å². The molecule has 22 heavy (non-hydrogen) atoms. The van der Waals surface area contributed by atoms with Gasteiger partial charge in [-0.2, -0.15) is 0 Å². The summed E-state index contributed by atoms with van der Waals surface area (Å²) in [6.45, 7) is 6.77. The molecule has 4 N–H and O–H groups in total. The third-order valence-corrected chi connectivity index (χ3v) is 4.67. The maximum atomic E-state index is 5.91. The Labute approximate surface area is 134 Å². The third kappa shape index (κ3) is 4.03. The van der Waals surface area contributed by atoms with Crippen LogP contribution in [0.3, 0.4) is 0 Å². The molecule has 2 nitrogen and oxygen atoms in total. The number of rotatable bonds is 6. The molecule has 118 valence electrons. The van der Waals surface area contributed by atoms with E-state index < -0.39 is 0 Å². The Morgan fingerprint density at radius 2 is 1.32 bits per heavy atom. The molecule has 2 aromatic rings. The second-order valence-corrected chi connectivity index (χ2v) is 6.36. The van der Waals surface area contributed by atoms with E-state index in [9.17, 15) is 0 Å². The molecule has 2 heteroatoms. The summed E-state index contributed by atoms with van der Waals surface area (Å²) in [5, 5.41) is 0. The van der Waals surface area contributed by atoms with Crippen LogP contribution in [0.2, 0.25) is 0 Å². The summed E-state index contributed by atoms with van der Waals surface area (Å²) in [5.41, 5.74) is 17.2. The van der Waals surface area contributed by atoms with E-state index in [0.717, 1.165) is 12.8 Å². The van der Waals surface area contributed by atoms with Gasteiger partial charge in [0.15, 0.2) is 0 Å². The van der Waals surface area contributed by atoms with Crippen molar-refractivity contribution in [3.63, 3.8) is 0 Å². The zero-order valence-electron chi connectivity index (χ0n) is 14.0. The highest BCUT2D eigenvalue weighted by atomic mass is 14.7. The Bertz CT molecular complexity index is 602. The Morgan fingerprint density at radius 3 is 1.86 bits per heavy atom. The molecule has 0 aliphatic carbocycles. The van der Waals surface area contributed by atoms with Crippen LogP contribution in [0.5, 0.6) is 0 Å². The van der Waals surface area contributed by atoms with Crippen molar-refractivity contribution in [3.05, 3.63) is 59.2 Å². The molecule has 0 spiro atoms. The van der Waals surface area contributed by atoms with Gasteiger partial charge in [0.05, 0.1) is 11.4 Å². The minimum absolute atomic E-state index is 0.500. The van der Waals surface area contributed by atoms with Crippen molar-refractivity contribution in [2.45, 2.75) is 51.9 Å². The fraction of sp³-hybridized carbons (Fsp3) is 0.400. The molecule has 0 aliphatic rings. The minimum atomic E-state index is 0.500. The molecule has 0 aromatic heterocycles. The first-order valence-electron chi connectivity index (χ1n) is 8.25. The van der Waals surface area contributed by atoms with Gasteiger partial charge < -0.3 is 11.5 Å². The quantitative estimate of drug-likeness (QED) is 0.728. The highest BCUT2D eigenvalue weighted by molar-refractivity contribution is 5.64. The number of anilines is 2. The van der Waals surface area contributed by atoms with Crippen molar-refractivity contribution < 1.29 is 0 Å². The standard InChI is InChI=1S/C20H28N2/c1-4-16-7-9-17(10-8-16)14(2)5-6-15(3)18-11-12-19(21)20(22)13-18/h7-15H,4-6,21-22H2,1-3H3. The maximum Gasteiger partial charge on any atom is 0.0550 e. The lowest BCUT2D eigenvalue weighted by atomic mass is 9.88. The third-order valence-electron chi connectivity index (χ3n) is 4.67. The van der Waals surface area contributed by atoms with Crippen LogP contribution in [0.1, 0.15) is 62.1 Å². The summed E-state index contributed by atoms with van der Waals surface area (Å²) in [6.07, 6.45) is 3.43. The smallest absolute Gasteiger partial charge is 0.0550 e. The summed E-state index contributed by atoms with van der Waals surface area (Å²) < 4.78 is 0. The lowest BCUT2D eigenvalue weighted by Gasteiger charge is -2.17. The molecule has 0 heterocycles. The van der Waals surface area contributed by atoms with Gasteiger partial charge in [-0.05, 0) is 59.9 Å². The molecular weight excluding hydrogens is 268 g/mol. The van der Waals surface area contributed by atoms with Crippen molar-refractivity contribution in [3.8, 4) is 0 Å². The molecule has 2 unspecified atom stereocenters. The monoisotopic (exact) mass is 296 g/mol. The Kier molecular flexibility index (Phi) is 5.48. The summed E-state index contributed by atoms with van der Waals surface area (Å²) in [7, 11) is 0. The van der Waals surface area contributed by atoms with Gasteiger partial charge in [0.25, 0.3) is 0 Å². The van der Waals surface area contributed by atoms with E-state index in [4.69, 9.17) is 11.5 Å². The first-order chi connectivity index (χ1) is 10.5. The predicted molar refractivity (Wildman–Crippen MR) is 97.2 cm³/mol. The summed E-state index contributed by atoms with van der Waals surface area (Å²) in [4.78, 5) is 0. The van der Waals surface area contributed by atoms with Crippen LogP contribution in [0, 0.1) is 0 Å². The van der Waals surface area contributed by atoms with E-state index in [1.165, 1.54) is 23.1 Å². The lowest BCUT2D eigenvalue weighted by molar-refractivity contribution is 0.574. The number of hydrogen-bond donors (Lipinski definition) is 2. The minimum Gasteiger partial charge on any atom is -0.397 e. The Balaban J connectivity index is 1.94. The molecule has 0 aliphatic heterocycles. The van der Waals surface area contributed by atoms with Crippen LogP contribution in [0.25, 0.3) is 0 Å². The second-order valence-electron chi connectivity index (χ2n) is 6.36. The molecule has 2 aromatic carbocycles. The number of hydrogen-bond acceptors (Lipinski definition) is 2. The Hall–Kier alpha value is -1.96. The fourth-order valence-corrected chi connectivity index (χ4v) is 2.81. The van der Waals surface area contributed by atoms with Gasteiger partial charge >= 0.3 is 0 Å². The van der Waals surface area contributed by atoms with Crippen LogP contribution in [-0.2, 0) is 6.42 Å². The normalized spacial score (nSPS) is 13.8. The van der Waals surface area contributed by atoms with E-state index in [1.807, 2.05) is 12.1 Å². The van der Waals surface area contributed by atoms with E-state index in [0.29, 0.717) is 23.2 Å². The zero-order valence-corrected chi connectivity index (χ0v) is 14.0. The van der Waals surface area contributed by atoms with Gasteiger partial charge in [-0.25, -0.2) is 0 Å². The molecule has 0 radical (unpaired) electrons. The van der Waals surface area contributed by atoms with Crippen LogP contribution >= 0.6 is 0 Å². The van der Waals surface area contributed by atoms with E-state index >= 15 is 0 Å². The Morgan fingerprint density at radius 1 is 0.773 bits per heavy atom. The van der Waals surface area contributed by atoms with E-state index in [-0.39, 0.29) is 0 Å². The average Bonchev–Trinajstić information content (AvgIpc) is 2.54. The molecule has 0 saturated carbocycles. The van der Waals surface area contributed by atoms with Crippen molar-refractivity contribution in [1.29, 1.82) is 0 Å². The van der Waals surface area contributed by atoms with Crippen molar-refractivity contribution in [2.24, 2.45) is 0 Å². The zero-order chi connectivity index (χ0) is 16.1. The molecular formula is C20H28N2. The summed E-state index contributed by atoms with van der Waals surface area (Å²) in [5.74, 6) is 1.08. The number of aryl methyl sites for hydroxylation is 1. The number of benzene rings is 2. The van der Waals surface area contributed by atoms with Crippen molar-refractivity contribution in [1.82, 2.24) is 0 Å². The van der Waals surface area contributed by atoms with Gasteiger partial charge in [-0.15, -0.1) is 0 Å². The van der Waals surface area contributed by atoms with Crippen LogP contribution in [0.15, 0.2) is 42.5 Å². The molecule has 0 amide bonds. The van der Waals surface area contributed by atoms with Gasteiger partial charge in [0.1, 0.15) is 0 Å². The summed E-state index contributed by atoms with van der Waals surface area (Å²) in [6, 6.07) is 15.1. The van der Waals surface area contributed by atoms with Gasteiger partial charge in [0, 0.05) is 0 Å². The average molecular weight is 296 g/mol.